The molecule has 2 N–H and O–H groups in total. The molecule has 0 aliphatic carbocycles. The number of aromatic amines is 1. The summed E-state index contributed by atoms with van der Waals surface area (Å²) in [5, 5.41) is 10.6. The summed E-state index contributed by atoms with van der Waals surface area (Å²) in [7, 11) is 3.12. The molecule has 1 aromatic heterocycles. The molecule has 3 aromatic rings. The molecule has 0 atom stereocenters. The van der Waals surface area contributed by atoms with Crippen molar-refractivity contribution in [2.24, 2.45) is 4.99 Å². The largest absolute Gasteiger partial charge is 0.497 e. The summed E-state index contributed by atoms with van der Waals surface area (Å²) >= 11 is 5.20. The Morgan fingerprint density at radius 3 is 2.48 bits per heavy atom. The van der Waals surface area contributed by atoms with E-state index in [1.807, 2.05) is 0 Å². The van der Waals surface area contributed by atoms with Crippen LogP contribution >= 0.6 is 12.2 Å². The molecule has 0 saturated carbocycles. The third-order valence-electron chi connectivity index (χ3n) is 3.85. The zero-order valence-corrected chi connectivity index (χ0v) is 15.5. The SMILES string of the molecule is COc1ccc(-n2c(O)c(C=Nc3cccc(OC)c3)c(=O)[nH]c2=S)cc1. The molecule has 7 nitrogen and oxygen atoms in total. The first-order valence-electron chi connectivity index (χ1n) is 7.94. The Labute approximate surface area is 160 Å². The number of aromatic nitrogens is 2. The Morgan fingerprint density at radius 1 is 1.11 bits per heavy atom. The third kappa shape index (κ3) is 3.90. The molecule has 0 unspecified atom stereocenters. The van der Waals surface area contributed by atoms with Crippen molar-refractivity contribution in [1.82, 2.24) is 9.55 Å². The van der Waals surface area contributed by atoms with E-state index >= 15 is 0 Å². The Bertz CT molecular complexity index is 1100. The Balaban J connectivity index is 2.07. The second-order valence-electron chi connectivity index (χ2n) is 5.49. The van der Waals surface area contributed by atoms with Crippen LogP contribution in [0.4, 0.5) is 5.69 Å². The van der Waals surface area contributed by atoms with Crippen molar-refractivity contribution in [3.05, 3.63) is 69.2 Å². The van der Waals surface area contributed by atoms with Crippen molar-refractivity contribution in [2.75, 3.05) is 14.2 Å². The number of nitrogens with one attached hydrogen (secondary N) is 1. The van der Waals surface area contributed by atoms with Crippen LogP contribution in [0.1, 0.15) is 5.56 Å². The van der Waals surface area contributed by atoms with Crippen molar-refractivity contribution in [1.29, 1.82) is 0 Å². The van der Waals surface area contributed by atoms with Gasteiger partial charge in [-0.2, -0.15) is 0 Å². The normalized spacial score (nSPS) is 10.9. The summed E-state index contributed by atoms with van der Waals surface area (Å²) in [6, 6.07) is 13.9. The molecule has 3 rings (SSSR count). The highest BCUT2D eigenvalue weighted by molar-refractivity contribution is 7.71. The van der Waals surface area contributed by atoms with Gasteiger partial charge in [0, 0.05) is 12.3 Å². The molecule has 0 spiro atoms. The van der Waals surface area contributed by atoms with Crippen LogP contribution in [0.2, 0.25) is 0 Å². The molecule has 0 saturated heterocycles. The molecule has 1 heterocycles. The molecule has 0 amide bonds. The van der Waals surface area contributed by atoms with E-state index in [0.717, 1.165) is 0 Å². The van der Waals surface area contributed by atoms with Gasteiger partial charge in [0.25, 0.3) is 5.56 Å². The standard InChI is InChI=1S/C19H17N3O4S/c1-25-14-8-6-13(7-9-14)22-18(24)16(17(23)21-19(22)27)11-20-12-4-3-5-15(10-12)26-2/h3-11,24H,1-2H3,(H,21,23,27). The van der Waals surface area contributed by atoms with Gasteiger partial charge in [-0.05, 0) is 48.6 Å². The van der Waals surface area contributed by atoms with Crippen LogP contribution in [0.5, 0.6) is 17.4 Å². The quantitative estimate of drug-likeness (QED) is 0.521. The number of aliphatic imine (C=N–C) groups is 1. The van der Waals surface area contributed by atoms with Crippen molar-refractivity contribution in [3.8, 4) is 23.1 Å². The molecule has 0 aliphatic rings. The fraction of sp³-hybridized carbons (Fsp3) is 0.105. The molecule has 0 bridgehead atoms. The van der Waals surface area contributed by atoms with Gasteiger partial charge in [0.05, 0.1) is 25.6 Å². The summed E-state index contributed by atoms with van der Waals surface area (Å²) in [5.74, 6) is 0.992. The average Bonchev–Trinajstić information content (AvgIpc) is 2.68. The predicted octanol–water partition coefficient (Wildman–Crippen LogP) is 3.37. The zero-order valence-electron chi connectivity index (χ0n) is 14.7. The molecule has 0 radical (unpaired) electrons. The van der Waals surface area contributed by atoms with Crippen LogP contribution in [-0.2, 0) is 0 Å². The lowest BCUT2D eigenvalue weighted by atomic mass is 10.2. The van der Waals surface area contributed by atoms with E-state index in [1.54, 1.807) is 62.8 Å². The minimum Gasteiger partial charge on any atom is -0.497 e. The van der Waals surface area contributed by atoms with E-state index in [0.29, 0.717) is 22.9 Å². The predicted molar refractivity (Wildman–Crippen MR) is 106 cm³/mol. The lowest BCUT2D eigenvalue weighted by Crippen LogP contribution is -2.18. The maximum atomic E-state index is 12.3. The second kappa shape index (κ2) is 7.88. The highest BCUT2D eigenvalue weighted by Gasteiger charge is 2.12. The molecule has 2 aromatic carbocycles. The van der Waals surface area contributed by atoms with Crippen molar-refractivity contribution >= 4 is 24.1 Å². The number of aromatic hydroxyl groups is 1. The van der Waals surface area contributed by atoms with E-state index in [1.165, 1.54) is 10.8 Å². The number of hydrogen-bond donors (Lipinski definition) is 2. The lowest BCUT2D eigenvalue weighted by molar-refractivity contribution is 0.414. The summed E-state index contributed by atoms with van der Waals surface area (Å²) in [4.78, 5) is 19.1. The van der Waals surface area contributed by atoms with Gasteiger partial charge in [-0.15, -0.1) is 0 Å². The summed E-state index contributed by atoms with van der Waals surface area (Å²) in [6.45, 7) is 0. The minimum absolute atomic E-state index is 0.0118. The number of rotatable bonds is 5. The van der Waals surface area contributed by atoms with E-state index in [4.69, 9.17) is 21.7 Å². The average molecular weight is 383 g/mol. The number of methoxy groups -OCH3 is 2. The van der Waals surface area contributed by atoms with Gasteiger partial charge in [-0.3, -0.25) is 19.3 Å². The first-order chi connectivity index (χ1) is 13.0. The molecule has 27 heavy (non-hydrogen) atoms. The van der Waals surface area contributed by atoms with Crippen molar-refractivity contribution in [3.63, 3.8) is 0 Å². The second-order valence-corrected chi connectivity index (χ2v) is 5.88. The minimum atomic E-state index is -0.533. The number of H-pyrrole nitrogens is 1. The molecule has 0 fully saturated rings. The molecule has 0 aliphatic heterocycles. The molecule has 8 heteroatoms. The fourth-order valence-corrected chi connectivity index (χ4v) is 2.74. The van der Waals surface area contributed by atoms with Gasteiger partial charge < -0.3 is 14.6 Å². The van der Waals surface area contributed by atoms with Crippen molar-refractivity contribution in [2.45, 2.75) is 0 Å². The highest BCUT2D eigenvalue weighted by atomic mass is 32.1. The highest BCUT2D eigenvalue weighted by Crippen LogP contribution is 2.23. The van der Waals surface area contributed by atoms with E-state index in [9.17, 15) is 9.90 Å². The Morgan fingerprint density at radius 2 is 1.81 bits per heavy atom. The van der Waals surface area contributed by atoms with E-state index in [2.05, 4.69) is 9.98 Å². The number of ether oxygens (including phenoxy) is 2. The maximum Gasteiger partial charge on any atom is 0.264 e. The van der Waals surface area contributed by atoms with Gasteiger partial charge in [0.1, 0.15) is 17.1 Å². The number of hydrogen-bond acceptors (Lipinski definition) is 6. The monoisotopic (exact) mass is 383 g/mol. The first kappa shape index (κ1) is 18.4. The van der Waals surface area contributed by atoms with E-state index in [-0.39, 0.29) is 16.2 Å². The topological polar surface area (TPSA) is 88.8 Å². The maximum absolute atomic E-state index is 12.3. The molecule has 138 valence electrons. The summed E-state index contributed by atoms with van der Waals surface area (Å²) in [6.07, 6.45) is 1.29. The smallest absolute Gasteiger partial charge is 0.264 e. The van der Waals surface area contributed by atoms with Gasteiger partial charge in [0.15, 0.2) is 4.77 Å². The third-order valence-corrected chi connectivity index (χ3v) is 4.13. The number of nitrogens with zero attached hydrogens (tertiary/aromatic N) is 2. The van der Waals surface area contributed by atoms with Crippen LogP contribution < -0.4 is 15.0 Å². The summed E-state index contributed by atoms with van der Waals surface area (Å²) < 4.78 is 11.7. The van der Waals surface area contributed by atoms with Crippen LogP contribution in [0.15, 0.2) is 58.3 Å². The summed E-state index contributed by atoms with van der Waals surface area (Å²) in [5.41, 5.74) is 0.605. The van der Waals surface area contributed by atoms with Gasteiger partial charge in [-0.1, -0.05) is 6.07 Å². The lowest BCUT2D eigenvalue weighted by Gasteiger charge is -2.11. The Hall–Kier alpha value is -3.39. The van der Waals surface area contributed by atoms with E-state index < -0.39 is 5.56 Å². The van der Waals surface area contributed by atoms with Gasteiger partial charge >= 0.3 is 0 Å². The van der Waals surface area contributed by atoms with Gasteiger partial charge in [0.2, 0.25) is 5.88 Å². The first-order valence-corrected chi connectivity index (χ1v) is 8.35. The zero-order chi connectivity index (χ0) is 19.4. The Kier molecular flexibility index (Phi) is 5.37. The number of benzene rings is 2. The molecular weight excluding hydrogens is 366 g/mol. The van der Waals surface area contributed by atoms with Crippen molar-refractivity contribution < 1.29 is 14.6 Å². The van der Waals surface area contributed by atoms with Crippen LogP contribution in [0, 0.1) is 4.77 Å². The molecular formula is C19H17N3O4S. The van der Waals surface area contributed by atoms with Crippen LogP contribution in [0.3, 0.4) is 0 Å². The fourth-order valence-electron chi connectivity index (χ4n) is 2.46. The van der Waals surface area contributed by atoms with Crippen LogP contribution in [0.25, 0.3) is 5.69 Å². The van der Waals surface area contributed by atoms with Crippen LogP contribution in [-0.4, -0.2) is 35.1 Å². The van der Waals surface area contributed by atoms with Gasteiger partial charge in [-0.25, -0.2) is 0 Å².